The van der Waals surface area contributed by atoms with Crippen LogP contribution in [0.2, 0.25) is 0 Å². The molecule has 0 radical (unpaired) electrons. The maximum absolute atomic E-state index is 12.5. The Balaban J connectivity index is 1.47. The smallest absolute Gasteiger partial charge is 0.234 e. The average Bonchev–Trinajstić information content (AvgIpc) is 2.99. The molecular formula is C23H35N5O. The lowest BCUT2D eigenvalue weighted by Gasteiger charge is -2.31. The van der Waals surface area contributed by atoms with Gasteiger partial charge in [0.1, 0.15) is 0 Å². The van der Waals surface area contributed by atoms with Gasteiger partial charge in [0.2, 0.25) is 5.91 Å². The fourth-order valence-corrected chi connectivity index (χ4v) is 4.13. The molecule has 2 heterocycles. The van der Waals surface area contributed by atoms with E-state index in [9.17, 15) is 4.79 Å². The molecule has 0 unspecified atom stereocenters. The van der Waals surface area contributed by atoms with Crippen molar-refractivity contribution in [3.05, 3.63) is 52.8 Å². The number of amides is 1. The molecule has 1 aromatic carbocycles. The van der Waals surface area contributed by atoms with Crippen molar-refractivity contribution in [1.82, 2.24) is 25.3 Å². The lowest BCUT2D eigenvalue weighted by Crippen LogP contribution is -2.41. The van der Waals surface area contributed by atoms with Gasteiger partial charge in [-0.05, 0) is 71.3 Å². The molecule has 0 bridgehead atoms. The number of carbonyl (C=O) groups is 1. The Morgan fingerprint density at radius 1 is 1.17 bits per heavy atom. The number of hydrogen-bond donors (Lipinski definition) is 2. The van der Waals surface area contributed by atoms with E-state index < -0.39 is 0 Å². The van der Waals surface area contributed by atoms with E-state index in [0.717, 1.165) is 49.0 Å². The zero-order valence-corrected chi connectivity index (χ0v) is 18.1. The fourth-order valence-electron chi connectivity index (χ4n) is 4.13. The van der Waals surface area contributed by atoms with Gasteiger partial charge >= 0.3 is 0 Å². The molecule has 2 aromatic rings. The van der Waals surface area contributed by atoms with Gasteiger partial charge in [0, 0.05) is 17.8 Å². The third-order valence-electron chi connectivity index (χ3n) is 6.05. The molecule has 0 atom stereocenters. The SMILES string of the molecule is CNCCC1CCN(CC(=O)NCc2c(C)nn(Cc3ccccc3)c2C)CC1. The maximum Gasteiger partial charge on any atom is 0.234 e. The van der Waals surface area contributed by atoms with Crippen LogP contribution in [0.1, 0.15) is 41.8 Å². The van der Waals surface area contributed by atoms with Crippen LogP contribution in [0.3, 0.4) is 0 Å². The fraction of sp³-hybridized carbons (Fsp3) is 0.565. The summed E-state index contributed by atoms with van der Waals surface area (Å²) in [6.07, 6.45) is 3.63. The third-order valence-corrected chi connectivity index (χ3v) is 6.05. The first-order valence-corrected chi connectivity index (χ1v) is 10.8. The Morgan fingerprint density at radius 2 is 1.90 bits per heavy atom. The number of rotatable bonds is 9. The number of aryl methyl sites for hydroxylation is 1. The van der Waals surface area contributed by atoms with E-state index in [-0.39, 0.29) is 5.91 Å². The number of carbonyl (C=O) groups excluding carboxylic acids is 1. The number of benzene rings is 1. The summed E-state index contributed by atoms with van der Waals surface area (Å²) in [5.41, 5.74) is 4.47. The zero-order valence-electron chi connectivity index (χ0n) is 18.1. The molecule has 2 N–H and O–H groups in total. The van der Waals surface area contributed by atoms with Gasteiger partial charge in [-0.1, -0.05) is 30.3 Å². The normalized spacial score (nSPS) is 15.6. The third kappa shape index (κ3) is 6.15. The Labute approximate surface area is 174 Å². The maximum atomic E-state index is 12.5. The molecular weight excluding hydrogens is 362 g/mol. The average molecular weight is 398 g/mol. The molecule has 1 amide bonds. The van der Waals surface area contributed by atoms with Gasteiger partial charge in [-0.25, -0.2) is 0 Å². The van der Waals surface area contributed by atoms with E-state index in [1.165, 1.54) is 24.8 Å². The van der Waals surface area contributed by atoms with Crippen molar-refractivity contribution < 1.29 is 4.79 Å². The van der Waals surface area contributed by atoms with Crippen molar-refractivity contribution in [3.8, 4) is 0 Å². The summed E-state index contributed by atoms with van der Waals surface area (Å²) >= 11 is 0. The highest BCUT2D eigenvalue weighted by Crippen LogP contribution is 2.20. The van der Waals surface area contributed by atoms with E-state index in [4.69, 9.17) is 0 Å². The zero-order chi connectivity index (χ0) is 20.6. The molecule has 0 spiro atoms. The van der Waals surface area contributed by atoms with Crippen LogP contribution in [0.4, 0.5) is 0 Å². The standard InChI is InChI=1S/C23H35N5O/c1-18-22(19(2)28(26-18)16-21-7-5-4-6-8-21)15-25-23(29)17-27-13-10-20(11-14-27)9-12-24-3/h4-8,20,24H,9-17H2,1-3H3,(H,25,29). The lowest BCUT2D eigenvalue weighted by molar-refractivity contribution is -0.122. The second-order valence-electron chi connectivity index (χ2n) is 8.18. The van der Waals surface area contributed by atoms with Crippen molar-refractivity contribution in [2.75, 3.05) is 33.2 Å². The van der Waals surface area contributed by atoms with E-state index in [1.807, 2.05) is 36.9 Å². The highest BCUT2D eigenvalue weighted by Gasteiger charge is 2.21. The second kappa shape index (κ2) is 10.6. The molecule has 0 saturated carbocycles. The summed E-state index contributed by atoms with van der Waals surface area (Å²) in [5.74, 6) is 0.899. The van der Waals surface area contributed by atoms with Gasteiger partial charge in [0.25, 0.3) is 0 Å². The largest absolute Gasteiger partial charge is 0.351 e. The number of hydrogen-bond acceptors (Lipinski definition) is 4. The van der Waals surface area contributed by atoms with Crippen LogP contribution in [0.25, 0.3) is 0 Å². The van der Waals surface area contributed by atoms with Gasteiger partial charge in [0.15, 0.2) is 0 Å². The molecule has 0 aliphatic carbocycles. The molecule has 1 saturated heterocycles. The minimum Gasteiger partial charge on any atom is -0.351 e. The van der Waals surface area contributed by atoms with Crippen LogP contribution in [-0.4, -0.2) is 53.8 Å². The molecule has 1 aliphatic heterocycles. The number of nitrogens with zero attached hydrogens (tertiary/aromatic N) is 3. The highest BCUT2D eigenvalue weighted by atomic mass is 16.2. The highest BCUT2D eigenvalue weighted by molar-refractivity contribution is 5.78. The molecule has 158 valence electrons. The summed E-state index contributed by atoms with van der Waals surface area (Å²) in [4.78, 5) is 14.8. The monoisotopic (exact) mass is 397 g/mol. The molecule has 3 rings (SSSR count). The van der Waals surface area contributed by atoms with Gasteiger partial charge in [-0.2, -0.15) is 5.10 Å². The van der Waals surface area contributed by atoms with Crippen LogP contribution in [-0.2, 0) is 17.9 Å². The molecule has 1 aromatic heterocycles. The summed E-state index contributed by atoms with van der Waals surface area (Å²) < 4.78 is 2.03. The minimum absolute atomic E-state index is 0.105. The van der Waals surface area contributed by atoms with Crippen LogP contribution >= 0.6 is 0 Å². The van der Waals surface area contributed by atoms with Crippen molar-refractivity contribution in [3.63, 3.8) is 0 Å². The summed E-state index contributed by atoms with van der Waals surface area (Å²) in [6.45, 7) is 9.03. The summed E-state index contributed by atoms with van der Waals surface area (Å²) in [5, 5.41) is 11.0. The number of piperidine rings is 1. The van der Waals surface area contributed by atoms with Crippen LogP contribution in [0.15, 0.2) is 30.3 Å². The van der Waals surface area contributed by atoms with Gasteiger partial charge in [-0.15, -0.1) is 0 Å². The molecule has 29 heavy (non-hydrogen) atoms. The van der Waals surface area contributed by atoms with Crippen LogP contribution < -0.4 is 10.6 Å². The Kier molecular flexibility index (Phi) is 7.83. The number of nitrogens with one attached hydrogen (secondary N) is 2. The number of likely N-dealkylation sites (tertiary alicyclic amines) is 1. The number of aromatic nitrogens is 2. The van der Waals surface area contributed by atoms with Crippen LogP contribution in [0.5, 0.6) is 0 Å². The first-order chi connectivity index (χ1) is 14.1. The Hall–Kier alpha value is -2.18. The van der Waals surface area contributed by atoms with Gasteiger partial charge in [0.05, 0.1) is 18.8 Å². The van der Waals surface area contributed by atoms with Gasteiger partial charge in [-0.3, -0.25) is 14.4 Å². The Bertz CT molecular complexity index is 778. The van der Waals surface area contributed by atoms with Crippen molar-refractivity contribution in [2.24, 2.45) is 5.92 Å². The van der Waals surface area contributed by atoms with E-state index >= 15 is 0 Å². The van der Waals surface area contributed by atoms with E-state index in [0.29, 0.717) is 13.1 Å². The summed E-state index contributed by atoms with van der Waals surface area (Å²) in [6, 6.07) is 10.3. The van der Waals surface area contributed by atoms with E-state index in [1.54, 1.807) is 0 Å². The summed E-state index contributed by atoms with van der Waals surface area (Å²) in [7, 11) is 2.01. The Morgan fingerprint density at radius 3 is 2.59 bits per heavy atom. The van der Waals surface area contributed by atoms with Crippen LogP contribution in [0, 0.1) is 19.8 Å². The molecule has 6 nitrogen and oxygen atoms in total. The van der Waals surface area contributed by atoms with Gasteiger partial charge < -0.3 is 10.6 Å². The topological polar surface area (TPSA) is 62.2 Å². The first kappa shape index (κ1) is 21.5. The predicted octanol–water partition coefficient (Wildman–Crippen LogP) is 2.49. The van der Waals surface area contributed by atoms with E-state index in [2.05, 4.69) is 39.7 Å². The van der Waals surface area contributed by atoms with Crippen molar-refractivity contribution >= 4 is 5.91 Å². The molecule has 1 fully saturated rings. The van der Waals surface area contributed by atoms with Crippen molar-refractivity contribution in [2.45, 2.75) is 46.2 Å². The first-order valence-electron chi connectivity index (χ1n) is 10.8. The van der Waals surface area contributed by atoms with Crippen molar-refractivity contribution in [1.29, 1.82) is 0 Å². The molecule has 1 aliphatic rings. The molecule has 6 heteroatoms. The lowest BCUT2D eigenvalue weighted by atomic mass is 9.93. The minimum atomic E-state index is 0.105. The quantitative estimate of drug-likeness (QED) is 0.682. The predicted molar refractivity (Wildman–Crippen MR) is 117 cm³/mol. The second-order valence-corrected chi connectivity index (χ2v) is 8.18.